The van der Waals surface area contributed by atoms with Crippen LogP contribution in [0, 0.1) is 20.8 Å². The van der Waals surface area contributed by atoms with E-state index in [1.54, 1.807) is 21.0 Å². The third kappa shape index (κ3) is 3.35. The first kappa shape index (κ1) is 17.8. The zero-order valence-corrected chi connectivity index (χ0v) is 15.0. The lowest BCUT2D eigenvalue weighted by atomic mass is 10.0. The number of Topliss-reactive ketones (excluding diaryl/α,β-unsaturated/α-hetero) is 1. The molecule has 0 radical (unpaired) electrons. The number of ether oxygens (including phenoxy) is 1. The largest absolute Gasteiger partial charge is 0.496 e. The number of aromatic nitrogens is 1. The molecule has 1 atom stereocenters. The number of hydrogen-bond donors (Lipinski definition) is 2. The van der Waals surface area contributed by atoms with Crippen molar-refractivity contribution < 1.29 is 14.3 Å². The Labute approximate surface area is 142 Å². The van der Waals surface area contributed by atoms with Crippen LogP contribution in [-0.2, 0) is 0 Å². The molecule has 0 spiro atoms. The Hall–Kier alpha value is -2.56. The smallest absolute Gasteiger partial charge is 0.268 e. The van der Waals surface area contributed by atoms with E-state index in [2.05, 4.69) is 10.3 Å². The zero-order valence-electron chi connectivity index (χ0n) is 15.0. The Morgan fingerprint density at radius 2 is 1.88 bits per heavy atom. The van der Waals surface area contributed by atoms with Crippen LogP contribution in [0.5, 0.6) is 5.75 Å². The van der Waals surface area contributed by atoms with Gasteiger partial charge in [-0.25, -0.2) is 0 Å². The van der Waals surface area contributed by atoms with Gasteiger partial charge in [0.15, 0.2) is 5.78 Å². The van der Waals surface area contributed by atoms with E-state index in [4.69, 9.17) is 4.74 Å². The van der Waals surface area contributed by atoms with Gasteiger partial charge in [-0.1, -0.05) is 17.7 Å². The second-order valence-corrected chi connectivity index (χ2v) is 6.12. The Balaban J connectivity index is 2.29. The summed E-state index contributed by atoms with van der Waals surface area (Å²) in [6.07, 6.45) is 0. The molecule has 0 aliphatic carbocycles. The molecular weight excluding hydrogens is 304 g/mol. The molecule has 0 bridgehead atoms. The molecular formula is C19H24N2O3. The molecule has 5 nitrogen and oxygen atoms in total. The number of carbonyl (C=O) groups is 2. The quantitative estimate of drug-likeness (QED) is 0.823. The van der Waals surface area contributed by atoms with Crippen molar-refractivity contribution in [3.63, 3.8) is 0 Å². The van der Waals surface area contributed by atoms with Gasteiger partial charge in [0.05, 0.1) is 13.2 Å². The highest BCUT2D eigenvalue weighted by molar-refractivity contribution is 6.02. The van der Waals surface area contributed by atoms with Crippen LogP contribution in [0.25, 0.3) is 0 Å². The summed E-state index contributed by atoms with van der Waals surface area (Å²) < 4.78 is 5.38. The highest BCUT2D eigenvalue weighted by Crippen LogP contribution is 2.27. The van der Waals surface area contributed by atoms with Gasteiger partial charge in [-0.15, -0.1) is 0 Å². The molecule has 1 heterocycles. The van der Waals surface area contributed by atoms with E-state index >= 15 is 0 Å². The van der Waals surface area contributed by atoms with Gasteiger partial charge in [0, 0.05) is 16.8 Å². The Morgan fingerprint density at radius 1 is 1.21 bits per heavy atom. The van der Waals surface area contributed by atoms with E-state index in [-0.39, 0.29) is 17.7 Å². The highest BCUT2D eigenvalue weighted by Gasteiger charge is 2.22. The molecule has 5 heteroatoms. The average molecular weight is 328 g/mol. The van der Waals surface area contributed by atoms with Crippen molar-refractivity contribution in [1.82, 2.24) is 10.3 Å². The topological polar surface area (TPSA) is 71.2 Å². The Morgan fingerprint density at radius 3 is 2.42 bits per heavy atom. The summed E-state index contributed by atoms with van der Waals surface area (Å²) in [4.78, 5) is 27.4. The minimum absolute atomic E-state index is 0.0475. The third-order valence-corrected chi connectivity index (χ3v) is 4.22. The molecule has 2 N–H and O–H groups in total. The molecule has 128 valence electrons. The molecule has 0 fully saturated rings. The second-order valence-electron chi connectivity index (χ2n) is 6.12. The maximum Gasteiger partial charge on any atom is 0.268 e. The maximum absolute atomic E-state index is 12.6. The lowest BCUT2D eigenvalue weighted by Crippen LogP contribution is -2.28. The van der Waals surface area contributed by atoms with Gasteiger partial charge in [0.25, 0.3) is 5.91 Å². The van der Waals surface area contributed by atoms with Crippen LogP contribution in [0.3, 0.4) is 0 Å². The first-order valence-corrected chi connectivity index (χ1v) is 7.91. The molecule has 1 amide bonds. The van der Waals surface area contributed by atoms with E-state index in [9.17, 15) is 9.59 Å². The van der Waals surface area contributed by atoms with Crippen molar-refractivity contribution in [3.05, 3.63) is 51.8 Å². The summed E-state index contributed by atoms with van der Waals surface area (Å²) in [6, 6.07) is 5.63. The summed E-state index contributed by atoms with van der Waals surface area (Å²) in [5.41, 5.74) is 4.42. The molecule has 0 saturated heterocycles. The summed E-state index contributed by atoms with van der Waals surface area (Å²) in [5.74, 6) is 0.449. The molecule has 2 aromatic rings. The monoisotopic (exact) mass is 328 g/mol. The number of amides is 1. The van der Waals surface area contributed by atoms with Crippen LogP contribution in [0.1, 0.15) is 63.1 Å². The molecule has 0 aliphatic heterocycles. The van der Waals surface area contributed by atoms with Crippen molar-refractivity contribution in [3.8, 4) is 5.75 Å². The van der Waals surface area contributed by atoms with Crippen LogP contribution in [0.2, 0.25) is 0 Å². The number of rotatable bonds is 5. The zero-order chi connectivity index (χ0) is 18.0. The van der Waals surface area contributed by atoms with E-state index in [1.165, 1.54) is 6.92 Å². The normalized spacial score (nSPS) is 11.9. The number of aromatic amines is 1. The van der Waals surface area contributed by atoms with Crippen molar-refractivity contribution in [1.29, 1.82) is 0 Å². The minimum atomic E-state index is -0.237. The molecule has 1 aromatic carbocycles. The van der Waals surface area contributed by atoms with Gasteiger partial charge in [0.2, 0.25) is 0 Å². The lowest BCUT2D eigenvalue weighted by Gasteiger charge is -2.18. The van der Waals surface area contributed by atoms with Crippen molar-refractivity contribution in [2.75, 3.05) is 7.11 Å². The number of aryl methyl sites for hydroxylation is 2. The van der Waals surface area contributed by atoms with Gasteiger partial charge in [-0.3, -0.25) is 9.59 Å². The van der Waals surface area contributed by atoms with E-state index in [0.717, 1.165) is 16.9 Å². The van der Waals surface area contributed by atoms with Crippen molar-refractivity contribution in [2.24, 2.45) is 0 Å². The number of methoxy groups -OCH3 is 1. The van der Waals surface area contributed by atoms with Gasteiger partial charge in [0.1, 0.15) is 11.4 Å². The van der Waals surface area contributed by atoms with Gasteiger partial charge in [-0.2, -0.15) is 0 Å². The Bertz CT molecular complexity index is 790. The average Bonchev–Trinajstić information content (AvgIpc) is 2.82. The van der Waals surface area contributed by atoms with Crippen molar-refractivity contribution >= 4 is 11.7 Å². The summed E-state index contributed by atoms with van der Waals surface area (Å²) in [7, 11) is 1.61. The third-order valence-electron chi connectivity index (χ3n) is 4.22. The number of H-pyrrole nitrogens is 1. The number of ketones is 1. The number of benzene rings is 1. The molecule has 1 aromatic heterocycles. The van der Waals surface area contributed by atoms with Crippen LogP contribution >= 0.6 is 0 Å². The summed E-state index contributed by atoms with van der Waals surface area (Å²) >= 11 is 0. The molecule has 1 unspecified atom stereocenters. The van der Waals surface area contributed by atoms with E-state index in [0.29, 0.717) is 22.5 Å². The first-order valence-electron chi connectivity index (χ1n) is 7.91. The van der Waals surface area contributed by atoms with E-state index < -0.39 is 0 Å². The molecule has 0 saturated carbocycles. The number of hydrogen-bond acceptors (Lipinski definition) is 3. The fraction of sp³-hybridized carbons (Fsp3) is 0.368. The van der Waals surface area contributed by atoms with Crippen LogP contribution in [0.15, 0.2) is 18.2 Å². The summed E-state index contributed by atoms with van der Waals surface area (Å²) in [5, 5.41) is 2.97. The molecule has 2 rings (SSSR count). The van der Waals surface area contributed by atoms with Crippen molar-refractivity contribution in [2.45, 2.75) is 40.7 Å². The SMILES string of the molecule is COc1ccc(C)cc1C(C)NC(=O)c1[nH]c(C)c(C(C)=O)c1C. The van der Waals surface area contributed by atoms with Crippen LogP contribution in [-0.4, -0.2) is 23.8 Å². The minimum Gasteiger partial charge on any atom is -0.496 e. The van der Waals surface area contributed by atoms with Gasteiger partial charge < -0.3 is 15.0 Å². The number of nitrogens with one attached hydrogen (secondary N) is 2. The lowest BCUT2D eigenvalue weighted by molar-refractivity contribution is 0.0934. The predicted octanol–water partition coefficient (Wildman–Crippen LogP) is 3.64. The first-order chi connectivity index (χ1) is 11.3. The fourth-order valence-electron chi connectivity index (χ4n) is 3.04. The number of carbonyl (C=O) groups excluding carboxylic acids is 2. The highest BCUT2D eigenvalue weighted by atomic mass is 16.5. The van der Waals surface area contributed by atoms with Crippen LogP contribution in [0.4, 0.5) is 0 Å². The summed E-state index contributed by atoms with van der Waals surface area (Å²) in [6.45, 7) is 8.99. The van der Waals surface area contributed by atoms with Gasteiger partial charge >= 0.3 is 0 Å². The van der Waals surface area contributed by atoms with Crippen LogP contribution < -0.4 is 10.1 Å². The Kier molecular flexibility index (Phi) is 5.12. The molecule has 0 aliphatic rings. The molecule has 24 heavy (non-hydrogen) atoms. The standard InChI is InChI=1S/C19H24N2O3/c1-10-7-8-16(24-6)15(9-10)12(3)21-19(23)18-11(2)17(14(5)22)13(4)20-18/h7-9,12,20H,1-6H3,(H,21,23). The maximum atomic E-state index is 12.6. The fourth-order valence-corrected chi connectivity index (χ4v) is 3.04. The van der Waals surface area contributed by atoms with Gasteiger partial charge in [-0.05, 0) is 46.2 Å². The second kappa shape index (κ2) is 6.91. The predicted molar refractivity (Wildman–Crippen MR) is 93.9 cm³/mol. The van der Waals surface area contributed by atoms with E-state index in [1.807, 2.05) is 32.0 Å².